The van der Waals surface area contributed by atoms with Crippen molar-refractivity contribution in [1.82, 2.24) is 29.9 Å². The van der Waals surface area contributed by atoms with E-state index in [-0.39, 0.29) is 0 Å². The summed E-state index contributed by atoms with van der Waals surface area (Å²) in [6.07, 6.45) is 9.10. The van der Waals surface area contributed by atoms with Gasteiger partial charge in [0.25, 0.3) is 0 Å². The number of benzene rings is 1. The molecule has 0 saturated heterocycles. The topological polar surface area (TPSA) is 68.0 Å². The summed E-state index contributed by atoms with van der Waals surface area (Å²) in [6, 6.07) is 6.30. The molecule has 0 spiro atoms. The molecule has 0 amide bonds. The van der Waals surface area contributed by atoms with Crippen molar-refractivity contribution in [3.63, 3.8) is 0 Å². The second-order valence-corrected chi connectivity index (χ2v) is 6.97. The third kappa shape index (κ3) is 2.69. The molecule has 0 aliphatic carbocycles. The molecule has 0 atom stereocenters. The van der Waals surface area contributed by atoms with Crippen molar-refractivity contribution in [1.29, 1.82) is 0 Å². The minimum atomic E-state index is 0.880. The maximum absolute atomic E-state index is 4.84. The van der Waals surface area contributed by atoms with E-state index >= 15 is 0 Å². The lowest BCUT2D eigenvalue weighted by atomic mass is 9.98. The van der Waals surface area contributed by atoms with Gasteiger partial charge < -0.3 is 9.72 Å². The molecule has 5 rings (SSSR count). The molecule has 4 aromatic rings. The Morgan fingerprint density at radius 2 is 2.00 bits per heavy atom. The van der Waals surface area contributed by atoms with Crippen molar-refractivity contribution in [2.45, 2.75) is 20.3 Å². The number of hydrogen-bond donors (Lipinski definition) is 1. The lowest BCUT2D eigenvalue weighted by molar-refractivity contribution is 0.736. The molecule has 1 aliphatic heterocycles. The van der Waals surface area contributed by atoms with Crippen LogP contribution in [0.1, 0.15) is 23.5 Å². The maximum Gasteiger partial charge on any atom is 0.158 e. The Morgan fingerprint density at radius 3 is 2.85 bits per heavy atom. The molecule has 0 unspecified atom stereocenters. The molecule has 4 heterocycles. The monoisotopic (exact) mass is 356 g/mol. The average Bonchev–Trinajstić information content (AvgIpc) is 3.12. The Balaban J connectivity index is 1.73. The largest absolute Gasteiger partial charge is 0.313 e. The Hall–Kier alpha value is -3.12. The van der Waals surface area contributed by atoms with Gasteiger partial charge in [-0.25, -0.2) is 4.98 Å². The van der Waals surface area contributed by atoms with Crippen LogP contribution < -0.4 is 5.32 Å². The van der Waals surface area contributed by atoms with E-state index in [4.69, 9.17) is 4.98 Å². The van der Waals surface area contributed by atoms with Crippen LogP contribution >= 0.6 is 0 Å². The van der Waals surface area contributed by atoms with Gasteiger partial charge in [-0.3, -0.25) is 4.98 Å². The number of aromatic nitrogens is 5. The minimum Gasteiger partial charge on any atom is -0.313 e. The van der Waals surface area contributed by atoms with E-state index < -0.39 is 0 Å². The van der Waals surface area contributed by atoms with Gasteiger partial charge in [0.05, 0.1) is 29.0 Å². The van der Waals surface area contributed by atoms with E-state index in [1.54, 1.807) is 0 Å². The standard InChI is InChI=1S/C21H20N6/c1-13-11-27-12-19(25-21(27)14(2)24-13)16-4-3-5-17-18(16)10-23-26-20(17)15-6-8-22-9-7-15/h3-6,10-12,22H,7-9H2,1-2H3. The lowest BCUT2D eigenvalue weighted by Crippen LogP contribution is -2.20. The van der Waals surface area contributed by atoms with Crippen LogP contribution in [0, 0.1) is 13.8 Å². The molecule has 0 radical (unpaired) electrons. The fourth-order valence-corrected chi connectivity index (χ4v) is 3.84. The zero-order valence-corrected chi connectivity index (χ0v) is 15.4. The van der Waals surface area contributed by atoms with Crippen LogP contribution in [0.3, 0.4) is 0 Å². The average molecular weight is 356 g/mol. The molecule has 134 valence electrons. The Bertz CT molecular complexity index is 1200. The minimum absolute atomic E-state index is 0.880. The number of aryl methyl sites for hydroxylation is 2. The fourth-order valence-electron chi connectivity index (χ4n) is 3.84. The number of fused-ring (bicyclic) bond motifs is 2. The van der Waals surface area contributed by atoms with Gasteiger partial charge in [0.1, 0.15) is 0 Å². The van der Waals surface area contributed by atoms with Crippen LogP contribution in [-0.2, 0) is 0 Å². The van der Waals surface area contributed by atoms with Gasteiger partial charge in [0.2, 0.25) is 0 Å². The number of nitrogens with one attached hydrogen (secondary N) is 1. The first-order valence-corrected chi connectivity index (χ1v) is 9.18. The number of rotatable bonds is 2. The van der Waals surface area contributed by atoms with Gasteiger partial charge in [0, 0.05) is 35.3 Å². The number of hydrogen-bond acceptors (Lipinski definition) is 5. The molecular formula is C21H20N6. The summed E-state index contributed by atoms with van der Waals surface area (Å²) < 4.78 is 2.05. The molecule has 6 nitrogen and oxygen atoms in total. The van der Waals surface area contributed by atoms with Crippen LogP contribution in [0.15, 0.2) is 42.9 Å². The highest BCUT2D eigenvalue weighted by molar-refractivity contribution is 6.00. The molecule has 0 saturated carbocycles. The predicted molar refractivity (Wildman–Crippen MR) is 106 cm³/mol. The van der Waals surface area contributed by atoms with Crippen molar-refractivity contribution < 1.29 is 0 Å². The van der Waals surface area contributed by atoms with E-state index in [2.05, 4.69) is 55.4 Å². The molecule has 1 aliphatic rings. The summed E-state index contributed by atoms with van der Waals surface area (Å²) >= 11 is 0. The smallest absolute Gasteiger partial charge is 0.158 e. The van der Waals surface area contributed by atoms with Crippen molar-refractivity contribution in [3.05, 3.63) is 59.9 Å². The van der Waals surface area contributed by atoms with Gasteiger partial charge in [0.15, 0.2) is 5.65 Å². The fraction of sp³-hybridized carbons (Fsp3) is 0.238. The highest BCUT2D eigenvalue weighted by atomic mass is 15.1. The normalized spacial score (nSPS) is 14.7. The second kappa shape index (κ2) is 6.25. The zero-order valence-electron chi connectivity index (χ0n) is 15.4. The molecule has 27 heavy (non-hydrogen) atoms. The van der Waals surface area contributed by atoms with E-state index in [9.17, 15) is 0 Å². The first-order valence-electron chi connectivity index (χ1n) is 9.18. The second-order valence-electron chi connectivity index (χ2n) is 6.97. The van der Waals surface area contributed by atoms with Gasteiger partial charge in [-0.1, -0.05) is 24.3 Å². The highest BCUT2D eigenvalue weighted by Crippen LogP contribution is 2.32. The SMILES string of the molecule is Cc1cn2cc(-c3cccc4c(C5=CCNCC5)nncc34)nc2c(C)n1. The Morgan fingerprint density at radius 1 is 1.07 bits per heavy atom. The summed E-state index contributed by atoms with van der Waals surface area (Å²) in [5.74, 6) is 0. The van der Waals surface area contributed by atoms with Gasteiger partial charge in [-0.15, -0.1) is 0 Å². The molecular weight excluding hydrogens is 336 g/mol. The molecule has 1 aromatic carbocycles. The van der Waals surface area contributed by atoms with Crippen molar-refractivity contribution in [3.8, 4) is 11.3 Å². The lowest BCUT2D eigenvalue weighted by Gasteiger charge is -2.15. The van der Waals surface area contributed by atoms with Crippen molar-refractivity contribution in [2.24, 2.45) is 0 Å². The molecule has 6 heteroatoms. The predicted octanol–water partition coefficient (Wildman–Crippen LogP) is 3.33. The summed E-state index contributed by atoms with van der Waals surface area (Å²) in [5.41, 5.74) is 7.03. The molecule has 0 bridgehead atoms. The maximum atomic E-state index is 4.84. The van der Waals surface area contributed by atoms with Crippen molar-refractivity contribution >= 4 is 22.0 Å². The van der Waals surface area contributed by atoms with Crippen LogP contribution in [0.25, 0.3) is 33.3 Å². The van der Waals surface area contributed by atoms with Crippen LogP contribution in [0.2, 0.25) is 0 Å². The van der Waals surface area contributed by atoms with Crippen LogP contribution in [-0.4, -0.2) is 37.7 Å². The van der Waals surface area contributed by atoms with E-state index in [0.29, 0.717) is 0 Å². The summed E-state index contributed by atoms with van der Waals surface area (Å²) in [4.78, 5) is 9.37. The summed E-state index contributed by atoms with van der Waals surface area (Å²) in [6.45, 7) is 5.85. The third-order valence-electron chi connectivity index (χ3n) is 5.08. The van der Waals surface area contributed by atoms with Gasteiger partial charge in [-0.2, -0.15) is 10.2 Å². The number of nitrogens with zero attached hydrogens (tertiary/aromatic N) is 5. The van der Waals surface area contributed by atoms with Crippen molar-refractivity contribution in [2.75, 3.05) is 13.1 Å². The van der Waals surface area contributed by atoms with E-state index in [1.165, 1.54) is 5.57 Å². The first-order chi connectivity index (χ1) is 13.2. The third-order valence-corrected chi connectivity index (χ3v) is 5.08. The van der Waals surface area contributed by atoms with E-state index in [0.717, 1.165) is 64.3 Å². The Labute approximate surface area is 157 Å². The Kier molecular flexibility index (Phi) is 3.72. The van der Waals surface area contributed by atoms with Gasteiger partial charge >= 0.3 is 0 Å². The summed E-state index contributed by atoms with van der Waals surface area (Å²) in [5, 5.41) is 14.3. The first kappa shape index (κ1) is 16.1. The van der Waals surface area contributed by atoms with Gasteiger partial charge in [-0.05, 0) is 32.4 Å². The van der Waals surface area contributed by atoms with Crippen LogP contribution in [0.4, 0.5) is 0 Å². The highest BCUT2D eigenvalue weighted by Gasteiger charge is 2.15. The quantitative estimate of drug-likeness (QED) is 0.597. The van der Waals surface area contributed by atoms with Crippen LogP contribution in [0.5, 0.6) is 0 Å². The molecule has 3 aromatic heterocycles. The molecule has 1 N–H and O–H groups in total. The molecule has 0 fully saturated rings. The van der Waals surface area contributed by atoms with E-state index in [1.807, 2.05) is 26.2 Å². The number of imidazole rings is 1. The zero-order chi connectivity index (χ0) is 18.4. The summed E-state index contributed by atoms with van der Waals surface area (Å²) in [7, 11) is 0.